The molecule has 2 aromatic carbocycles. The maximum absolute atomic E-state index is 13.8. The molecule has 0 saturated heterocycles. The van der Waals surface area contributed by atoms with Gasteiger partial charge in [0.2, 0.25) is 28.6 Å². The first-order valence-corrected chi connectivity index (χ1v) is 15.5. The van der Waals surface area contributed by atoms with Gasteiger partial charge in [-0.2, -0.15) is 4.31 Å². The summed E-state index contributed by atoms with van der Waals surface area (Å²) in [6, 6.07) is 11.0. The molecule has 42 heavy (non-hydrogen) atoms. The van der Waals surface area contributed by atoms with E-state index in [0.29, 0.717) is 11.5 Å². The zero-order valence-corrected chi connectivity index (χ0v) is 26.0. The Hall–Kier alpha value is -3.19. The SMILES string of the molecule is CC(C)CN(C[C@@H](O)[C@H](Cc1ccccc1)NC(=O)C(NC(=O)[C@H](C)N)C(C)(C)C)S(=O)(=O)c1ccc2c(c1)OCO2. The number of nitrogens with zero attached hydrogens (tertiary/aromatic N) is 1. The second kappa shape index (κ2) is 13.9. The number of aliphatic hydroxyl groups is 1. The smallest absolute Gasteiger partial charge is 0.243 e. The van der Waals surface area contributed by atoms with E-state index >= 15 is 0 Å². The van der Waals surface area contributed by atoms with Crippen LogP contribution in [0.4, 0.5) is 0 Å². The Labute approximate surface area is 248 Å². The molecule has 0 aliphatic carbocycles. The second-order valence-electron chi connectivity index (χ2n) is 12.2. The van der Waals surface area contributed by atoms with Crippen molar-refractivity contribution in [1.82, 2.24) is 14.9 Å². The van der Waals surface area contributed by atoms with Crippen molar-refractivity contribution in [3.8, 4) is 11.5 Å². The van der Waals surface area contributed by atoms with Crippen LogP contribution in [0, 0.1) is 11.3 Å². The van der Waals surface area contributed by atoms with Crippen molar-refractivity contribution in [3.05, 3.63) is 54.1 Å². The molecule has 0 saturated carbocycles. The molecular formula is C30H44N4O7S. The fraction of sp³-hybridized carbons (Fsp3) is 0.533. The first-order valence-electron chi connectivity index (χ1n) is 14.1. The fourth-order valence-electron chi connectivity index (χ4n) is 4.57. The van der Waals surface area contributed by atoms with E-state index in [1.165, 1.54) is 23.4 Å². The van der Waals surface area contributed by atoms with Crippen LogP contribution >= 0.6 is 0 Å². The average molecular weight is 605 g/mol. The predicted molar refractivity (Wildman–Crippen MR) is 159 cm³/mol. The van der Waals surface area contributed by atoms with E-state index in [9.17, 15) is 23.1 Å². The van der Waals surface area contributed by atoms with Crippen LogP contribution in [0.1, 0.15) is 47.1 Å². The van der Waals surface area contributed by atoms with Gasteiger partial charge in [0.05, 0.1) is 23.1 Å². The number of aliphatic hydroxyl groups excluding tert-OH is 1. The molecule has 0 spiro atoms. The van der Waals surface area contributed by atoms with Crippen molar-refractivity contribution in [2.24, 2.45) is 17.1 Å². The lowest BCUT2D eigenvalue weighted by molar-refractivity contribution is -0.133. The van der Waals surface area contributed by atoms with Crippen LogP contribution in [0.5, 0.6) is 11.5 Å². The number of nitrogens with two attached hydrogens (primary N) is 1. The van der Waals surface area contributed by atoms with E-state index in [2.05, 4.69) is 10.6 Å². The quantitative estimate of drug-likeness (QED) is 0.270. The van der Waals surface area contributed by atoms with Crippen molar-refractivity contribution >= 4 is 21.8 Å². The number of hydrogen-bond acceptors (Lipinski definition) is 8. The standard InChI is InChI=1S/C30H44N4O7S/c1-19(2)16-34(42(38,39)22-12-13-25-26(15-22)41-18-40-25)17-24(35)23(14-21-10-8-7-9-11-21)32-29(37)27(30(4,5)6)33-28(36)20(3)31/h7-13,15,19-20,23-24,27,35H,14,16-18,31H2,1-6H3,(H,32,37)(H,33,36)/t20-,23-,24+,27?/m0/s1. The molecule has 0 radical (unpaired) electrons. The topological polar surface area (TPSA) is 160 Å². The molecule has 232 valence electrons. The highest BCUT2D eigenvalue weighted by Crippen LogP contribution is 2.35. The Morgan fingerprint density at radius 2 is 1.62 bits per heavy atom. The number of benzene rings is 2. The Kier molecular flexibility index (Phi) is 11.0. The van der Waals surface area contributed by atoms with E-state index in [4.69, 9.17) is 15.2 Å². The first-order chi connectivity index (χ1) is 19.6. The number of sulfonamides is 1. The van der Waals surface area contributed by atoms with Gasteiger partial charge >= 0.3 is 0 Å². The first kappa shape index (κ1) is 33.3. The van der Waals surface area contributed by atoms with Gasteiger partial charge in [-0.15, -0.1) is 0 Å². The minimum Gasteiger partial charge on any atom is -0.454 e. The van der Waals surface area contributed by atoms with Crippen molar-refractivity contribution in [2.75, 3.05) is 19.9 Å². The molecule has 3 rings (SSSR count). The summed E-state index contributed by atoms with van der Waals surface area (Å²) in [7, 11) is -4.06. The van der Waals surface area contributed by atoms with Crippen molar-refractivity contribution in [1.29, 1.82) is 0 Å². The zero-order chi connectivity index (χ0) is 31.2. The molecule has 0 aromatic heterocycles. The van der Waals surface area contributed by atoms with Crippen LogP contribution in [0.15, 0.2) is 53.4 Å². The molecule has 1 heterocycles. The lowest BCUT2D eigenvalue weighted by atomic mass is 9.85. The molecule has 1 unspecified atom stereocenters. The maximum Gasteiger partial charge on any atom is 0.243 e. The molecule has 1 aliphatic rings. The minimum atomic E-state index is -4.06. The number of amides is 2. The van der Waals surface area contributed by atoms with Crippen LogP contribution in [0.3, 0.4) is 0 Å². The highest BCUT2D eigenvalue weighted by atomic mass is 32.2. The number of rotatable bonds is 13. The third kappa shape index (κ3) is 8.66. The Morgan fingerprint density at radius 1 is 0.976 bits per heavy atom. The van der Waals surface area contributed by atoms with Gasteiger partial charge in [0.25, 0.3) is 0 Å². The predicted octanol–water partition coefficient (Wildman–Crippen LogP) is 2.03. The zero-order valence-electron chi connectivity index (χ0n) is 25.2. The summed E-state index contributed by atoms with van der Waals surface area (Å²) in [5.41, 5.74) is 5.89. The highest BCUT2D eigenvalue weighted by Gasteiger charge is 2.37. The average Bonchev–Trinajstić information content (AvgIpc) is 3.38. The van der Waals surface area contributed by atoms with Gasteiger partial charge in [0, 0.05) is 19.2 Å². The van der Waals surface area contributed by atoms with Crippen LogP contribution in [-0.4, -0.2) is 73.8 Å². The summed E-state index contributed by atoms with van der Waals surface area (Å²) in [6.07, 6.45) is -1.06. The minimum absolute atomic E-state index is 0.00826. The third-order valence-corrected chi connectivity index (χ3v) is 8.69. The molecule has 12 heteroatoms. The Bertz CT molecular complexity index is 1330. The summed E-state index contributed by atoms with van der Waals surface area (Å²) in [6.45, 7) is 10.6. The monoisotopic (exact) mass is 604 g/mol. The fourth-order valence-corrected chi connectivity index (χ4v) is 6.20. The summed E-state index contributed by atoms with van der Waals surface area (Å²) in [5, 5.41) is 17.2. The molecule has 5 N–H and O–H groups in total. The van der Waals surface area contributed by atoms with E-state index in [-0.39, 0.29) is 37.1 Å². The van der Waals surface area contributed by atoms with E-state index in [1.807, 2.05) is 65.0 Å². The molecule has 11 nitrogen and oxygen atoms in total. The molecular weight excluding hydrogens is 560 g/mol. The largest absolute Gasteiger partial charge is 0.454 e. The molecule has 0 bridgehead atoms. The van der Waals surface area contributed by atoms with Crippen molar-refractivity contribution in [2.45, 2.75) is 77.1 Å². The Morgan fingerprint density at radius 3 is 2.21 bits per heavy atom. The third-order valence-electron chi connectivity index (χ3n) is 6.86. The summed E-state index contributed by atoms with van der Waals surface area (Å²) in [4.78, 5) is 26.0. The normalized spacial score (nSPS) is 16.1. The van der Waals surface area contributed by atoms with Crippen molar-refractivity contribution in [3.63, 3.8) is 0 Å². The summed E-state index contributed by atoms with van der Waals surface area (Å²) < 4.78 is 39.5. The molecule has 0 fully saturated rings. The molecule has 2 aromatic rings. The van der Waals surface area contributed by atoms with Crippen LogP contribution in [0.25, 0.3) is 0 Å². The van der Waals surface area contributed by atoms with Crippen LogP contribution in [0.2, 0.25) is 0 Å². The lowest BCUT2D eigenvalue weighted by Crippen LogP contribution is -2.60. The number of carbonyl (C=O) groups is 2. The van der Waals surface area contributed by atoms with Gasteiger partial charge < -0.3 is 30.9 Å². The van der Waals surface area contributed by atoms with E-state index < -0.39 is 51.5 Å². The number of carbonyl (C=O) groups excluding carboxylic acids is 2. The van der Waals surface area contributed by atoms with Gasteiger partial charge in [0.15, 0.2) is 11.5 Å². The van der Waals surface area contributed by atoms with Crippen LogP contribution in [-0.2, 0) is 26.0 Å². The van der Waals surface area contributed by atoms with Crippen LogP contribution < -0.4 is 25.8 Å². The van der Waals surface area contributed by atoms with E-state index in [1.54, 1.807) is 6.07 Å². The Balaban J connectivity index is 1.91. The van der Waals surface area contributed by atoms with Gasteiger partial charge in [-0.3, -0.25) is 9.59 Å². The number of ether oxygens (including phenoxy) is 2. The van der Waals surface area contributed by atoms with E-state index in [0.717, 1.165) is 5.56 Å². The lowest BCUT2D eigenvalue weighted by Gasteiger charge is -2.35. The van der Waals surface area contributed by atoms with Gasteiger partial charge in [-0.1, -0.05) is 65.0 Å². The molecule has 1 aliphatic heterocycles. The highest BCUT2D eigenvalue weighted by molar-refractivity contribution is 7.89. The second-order valence-corrected chi connectivity index (χ2v) is 14.1. The van der Waals surface area contributed by atoms with Gasteiger partial charge in [0.1, 0.15) is 6.04 Å². The summed E-state index contributed by atoms with van der Waals surface area (Å²) >= 11 is 0. The molecule has 4 atom stereocenters. The van der Waals surface area contributed by atoms with Gasteiger partial charge in [-0.05, 0) is 42.4 Å². The summed E-state index contributed by atoms with van der Waals surface area (Å²) in [5.74, 6) is -0.257. The molecule has 2 amide bonds. The number of hydrogen-bond donors (Lipinski definition) is 4. The number of nitrogens with one attached hydrogen (secondary N) is 2. The number of fused-ring (bicyclic) bond motifs is 1. The van der Waals surface area contributed by atoms with Crippen molar-refractivity contribution < 1.29 is 32.6 Å². The maximum atomic E-state index is 13.8. The van der Waals surface area contributed by atoms with Gasteiger partial charge in [-0.25, -0.2) is 8.42 Å².